The summed E-state index contributed by atoms with van der Waals surface area (Å²) >= 11 is 0. The minimum absolute atomic E-state index is 0. The van der Waals surface area contributed by atoms with Gasteiger partial charge in [0.25, 0.3) is 0 Å². The van der Waals surface area contributed by atoms with Crippen LogP contribution in [0.1, 0.15) is 33.4 Å². The quantitative estimate of drug-likeness (QED) is 0.0556. The van der Waals surface area contributed by atoms with Gasteiger partial charge < -0.3 is 69.3 Å². The summed E-state index contributed by atoms with van der Waals surface area (Å²) in [5.41, 5.74) is 3.51. The van der Waals surface area contributed by atoms with E-state index in [1.54, 1.807) is 78.9 Å². The summed E-state index contributed by atoms with van der Waals surface area (Å²) in [6.07, 6.45) is 4.52. The average Bonchev–Trinajstić information content (AvgIpc) is 3.32. The number of carboxylic acid groups (broad SMARTS) is 3. The molecule has 350 valence electrons. The molecule has 0 unspecified atom stereocenters. The molecule has 69 heavy (non-hydrogen) atoms. The minimum atomic E-state index is -1.31. The molecular formula is C51H48Na2O16. The van der Waals surface area contributed by atoms with Crippen molar-refractivity contribution in [2.24, 2.45) is 0 Å². The van der Waals surface area contributed by atoms with Crippen molar-refractivity contribution in [3.63, 3.8) is 0 Å². The summed E-state index contributed by atoms with van der Waals surface area (Å²) in [4.78, 5) is 34.4. The molecule has 0 atom stereocenters. The van der Waals surface area contributed by atoms with Crippen LogP contribution in [0.4, 0.5) is 0 Å². The number of carbonyl (C=O) groups excluding carboxylic acids is 1. The Bertz CT molecular complexity index is 2350. The smallest absolute Gasteiger partial charge is 0.870 e. The predicted molar refractivity (Wildman–Crippen MR) is 249 cm³/mol. The monoisotopic (exact) mass is 962 g/mol. The molecule has 0 aliphatic carbocycles. The number of phenols is 3. The molecule has 6 N–H and O–H groups in total. The van der Waals surface area contributed by atoms with E-state index in [-0.39, 0.29) is 98.6 Å². The first kappa shape index (κ1) is 60.1. The van der Waals surface area contributed by atoms with E-state index >= 15 is 0 Å². The molecular weight excluding hydrogens is 915 g/mol. The van der Waals surface area contributed by atoms with Gasteiger partial charge in [-0.25, -0.2) is 9.59 Å². The molecule has 18 heteroatoms. The Kier molecular flexibility index (Phi) is 25.9. The summed E-state index contributed by atoms with van der Waals surface area (Å²) in [7, 11) is 9.14. The van der Waals surface area contributed by atoms with Crippen LogP contribution < -0.4 is 92.6 Å². The molecule has 0 fully saturated rings. The Morgan fingerprint density at radius 2 is 0.594 bits per heavy atom. The van der Waals surface area contributed by atoms with Crippen LogP contribution in [0.25, 0.3) is 34.9 Å². The van der Waals surface area contributed by atoms with Gasteiger partial charge in [-0.05, 0) is 124 Å². The van der Waals surface area contributed by atoms with Crippen LogP contribution in [0, 0.1) is 0 Å². The number of phenolic OH excluding ortho intramolecular Hbond substituents is 3. The maximum absolute atomic E-state index is 11.5. The Morgan fingerprint density at radius 1 is 0.391 bits per heavy atom. The summed E-state index contributed by atoms with van der Waals surface area (Å²) in [5, 5.41) is 58.1. The second-order valence-corrected chi connectivity index (χ2v) is 13.7. The molecule has 16 nitrogen and oxygen atoms in total. The first-order valence-corrected chi connectivity index (χ1v) is 19.5. The second-order valence-electron chi connectivity index (χ2n) is 13.7. The fraction of sp³-hybridized carbons (Fsp3) is 0.118. The van der Waals surface area contributed by atoms with Gasteiger partial charge in [0.15, 0.2) is 0 Å². The van der Waals surface area contributed by atoms with Crippen LogP contribution in [0.2, 0.25) is 0 Å². The standard InChI is InChI=1S/3C17H16O5.2Na.H2O/c3*1-21-14-7-11(8-15(10-14)22-2)9-16(17(19)20)12-3-5-13(18)6-4-12;;;/h3*3-10,18H,1-2H3,(H,19,20);;;1H2/q;;;2*+1;/p-2/b16-9+;2*16-9-;;;. The molecule has 0 radical (unpaired) electrons. The summed E-state index contributed by atoms with van der Waals surface area (Å²) in [6, 6.07) is 33.1. The molecule has 6 rings (SSSR count). The van der Waals surface area contributed by atoms with Gasteiger partial charge in [0, 0.05) is 23.8 Å². The van der Waals surface area contributed by atoms with Crippen LogP contribution in [0.3, 0.4) is 0 Å². The number of aromatic hydroxyl groups is 3. The molecule has 0 bridgehead atoms. The van der Waals surface area contributed by atoms with Crippen LogP contribution in [0.5, 0.6) is 51.7 Å². The van der Waals surface area contributed by atoms with Gasteiger partial charge in [-0.1, -0.05) is 36.4 Å². The van der Waals surface area contributed by atoms with E-state index in [4.69, 9.17) is 28.4 Å². The zero-order chi connectivity index (χ0) is 48.3. The van der Waals surface area contributed by atoms with Crippen molar-refractivity contribution >= 4 is 52.9 Å². The topological polar surface area (TPSA) is 261 Å². The molecule has 0 aliphatic rings. The molecule has 6 aromatic rings. The van der Waals surface area contributed by atoms with E-state index in [1.807, 2.05) is 0 Å². The second kappa shape index (κ2) is 29.8. The van der Waals surface area contributed by atoms with Crippen molar-refractivity contribution < 1.29 is 138 Å². The van der Waals surface area contributed by atoms with Crippen molar-refractivity contribution in [2.45, 2.75) is 0 Å². The SMILES string of the molecule is COc1cc(/C=C(/C(=O)O)c2ccc(O)cc2)cc(OC)c1.COc1cc(/C=C(\C(=O)O)c2ccc(O)cc2)cc(OC)c1.COc1cc(/C=C(\C(=O)[O-])c2ccc(O)cc2)cc(OC)c1.[Na+].[Na+].[OH-]. The third-order valence-corrected chi connectivity index (χ3v) is 9.27. The van der Waals surface area contributed by atoms with Crippen LogP contribution in [-0.2, 0) is 14.4 Å². The zero-order valence-corrected chi connectivity index (χ0v) is 43.1. The largest absolute Gasteiger partial charge is 1.00 e. The first-order valence-electron chi connectivity index (χ1n) is 19.5. The summed E-state index contributed by atoms with van der Waals surface area (Å²) in [6.45, 7) is 0. The summed E-state index contributed by atoms with van der Waals surface area (Å²) in [5.74, 6) is 0.164. The zero-order valence-electron chi connectivity index (χ0n) is 39.1. The Hall–Kier alpha value is -6.89. The maximum Gasteiger partial charge on any atom is 1.00 e. The van der Waals surface area contributed by atoms with Crippen molar-refractivity contribution in [3.05, 3.63) is 161 Å². The van der Waals surface area contributed by atoms with Gasteiger partial charge in [-0.2, -0.15) is 0 Å². The minimum Gasteiger partial charge on any atom is -0.870 e. The van der Waals surface area contributed by atoms with E-state index in [0.717, 1.165) is 0 Å². The molecule has 0 saturated heterocycles. The molecule has 0 heterocycles. The number of ether oxygens (including phenoxy) is 6. The Morgan fingerprint density at radius 3 is 0.783 bits per heavy atom. The molecule has 0 aromatic heterocycles. The third kappa shape index (κ3) is 18.6. The van der Waals surface area contributed by atoms with E-state index in [9.17, 15) is 45.0 Å². The van der Waals surface area contributed by atoms with E-state index in [1.165, 1.54) is 109 Å². The van der Waals surface area contributed by atoms with E-state index in [0.29, 0.717) is 67.9 Å². The van der Waals surface area contributed by atoms with Crippen LogP contribution in [0.15, 0.2) is 127 Å². The van der Waals surface area contributed by atoms with E-state index < -0.39 is 17.9 Å². The molecule has 0 amide bonds. The third-order valence-electron chi connectivity index (χ3n) is 9.27. The van der Waals surface area contributed by atoms with E-state index in [2.05, 4.69) is 0 Å². The van der Waals surface area contributed by atoms with Gasteiger partial charge in [-0.15, -0.1) is 0 Å². The van der Waals surface area contributed by atoms with Gasteiger partial charge >= 0.3 is 71.1 Å². The van der Waals surface area contributed by atoms with Gasteiger partial charge in [0.1, 0.15) is 51.7 Å². The van der Waals surface area contributed by atoms with Crippen molar-refractivity contribution in [2.75, 3.05) is 42.7 Å². The fourth-order valence-electron chi connectivity index (χ4n) is 5.96. The number of aliphatic carboxylic acids is 3. The van der Waals surface area contributed by atoms with Crippen LogP contribution in [-0.4, -0.2) is 91.6 Å². The van der Waals surface area contributed by atoms with Crippen molar-refractivity contribution in [3.8, 4) is 51.7 Å². The average molecular weight is 963 g/mol. The number of benzene rings is 6. The Labute approximate surface area is 442 Å². The molecule has 0 saturated carbocycles. The van der Waals surface area contributed by atoms with Crippen molar-refractivity contribution in [1.29, 1.82) is 0 Å². The number of rotatable bonds is 15. The number of methoxy groups -OCH3 is 6. The van der Waals surface area contributed by atoms with Gasteiger partial charge in [-0.3, -0.25) is 0 Å². The Balaban J connectivity index is 0.000000506. The van der Waals surface area contributed by atoms with Crippen molar-refractivity contribution in [1.82, 2.24) is 0 Å². The number of carboxylic acids is 3. The van der Waals surface area contributed by atoms with Crippen LogP contribution >= 0.6 is 0 Å². The molecule has 6 aromatic carbocycles. The summed E-state index contributed by atoms with van der Waals surface area (Å²) < 4.78 is 31.0. The first-order chi connectivity index (χ1) is 31.6. The van der Waals surface area contributed by atoms with Gasteiger partial charge in [0.05, 0.1) is 59.8 Å². The normalized spacial score (nSPS) is 10.6. The maximum atomic E-state index is 11.5. The fourth-order valence-corrected chi connectivity index (χ4v) is 5.96. The molecule has 0 spiro atoms. The number of carbonyl (C=O) groups is 3. The predicted octanol–water partition coefficient (Wildman–Crippen LogP) is 1.60. The van der Waals surface area contributed by atoms with Gasteiger partial charge in [0.2, 0.25) is 0 Å². The number of hydrogen-bond donors (Lipinski definition) is 5. The number of hydrogen-bond acceptors (Lipinski definition) is 14. The molecule has 0 aliphatic heterocycles.